The molecule has 0 saturated heterocycles. The zero-order chi connectivity index (χ0) is 14.5. The molecule has 1 saturated carbocycles. The molecular weight excluding hydrogens is 252 g/mol. The number of rotatable bonds is 4. The van der Waals surface area contributed by atoms with Crippen molar-refractivity contribution in [3.8, 4) is 11.5 Å². The molecule has 112 valence electrons. The maximum absolute atomic E-state index is 6.19. The highest BCUT2D eigenvalue weighted by molar-refractivity contribution is 5.73. The molecule has 0 spiro atoms. The molecule has 0 radical (unpaired) electrons. The largest absolute Gasteiger partial charge is 0.493 e. The van der Waals surface area contributed by atoms with Crippen molar-refractivity contribution in [1.82, 2.24) is 0 Å². The van der Waals surface area contributed by atoms with Gasteiger partial charge in [0, 0.05) is 25.2 Å². The minimum absolute atomic E-state index is 0.568. The summed E-state index contributed by atoms with van der Waals surface area (Å²) in [6.45, 7) is 0. The number of nitrogen functional groups attached to an aromatic ring is 1. The van der Waals surface area contributed by atoms with E-state index in [1.807, 2.05) is 12.1 Å². The molecule has 1 fully saturated rings. The first-order valence-electron chi connectivity index (χ1n) is 7.41. The Balaban J connectivity index is 2.26. The van der Waals surface area contributed by atoms with Crippen LogP contribution in [0.2, 0.25) is 0 Å². The number of nitrogens with zero attached hydrogens (tertiary/aromatic N) is 1. The summed E-state index contributed by atoms with van der Waals surface area (Å²) >= 11 is 0. The lowest BCUT2D eigenvalue weighted by atomic mass is 10.1. The van der Waals surface area contributed by atoms with E-state index in [4.69, 9.17) is 15.2 Å². The summed E-state index contributed by atoms with van der Waals surface area (Å²) in [5.41, 5.74) is 7.97. The van der Waals surface area contributed by atoms with Gasteiger partial charge >= 0.3 is 0 Å². The van der Waals surface area contributed by atoms with Crippen LogP contribution in [0.1, 0.15) is 38.5 Å². The summed E-state index contributed by atoms with van der Waals surface area (Å²) in [5.74, 6) is 1.42. The summed E-state index contributed by atoms with van der Waals surface area (Å²) in [4.78, 5) is 2.31. The van der Waals surface area contributed by atoms with Gasteiger partial charge < -0.3 is 20.1 Å². The molecule has 1 aromatic rings. The summed E-state index contributed by atoms with van der Waals surface area (Å²) in [7, 11) is 5.42. The zero-order valence-corrected chi connectivity index (χ0v) is 12.8. The number of benzene rings is 1. The van der Waals surface area contributed by atoms with Gasteiger partial charge in [-0.1, -0.05) is 25.7 Å². The second kappa shape index (κ2) is 6.73. The van der Waals surface area contributed by atoms with E-state index in [2.05, 4.69) is 11.9 Å². The molecule has 0 amide bonds. The number of hydrogen-bond donors (Lipinski definition) is 1. The standard InChI is InChI=1S/C16H26N2O2/c1-18(12-8-6-4-5-7-9-12)14-11-16(20-3)15(19-2)10-13(14)17/h10-12H,4-9,17H2,1-3H3. The van der Waals surface area contributed by atoms with E-state index < -0.39 is 0 Å². The van der Waals surface area contributed by atoms with Gasteiger partial charge in [-0.15, -0.1) is 0 Å². The number of ether oxygens (including phenoxy) is 2. The van der Waals surface area contributed by atoms with E-state index in [0.29, 0.717) is 11.8 Å². The highest BCUT2D eigenvalue weighted by atomic mass is 16.5. The van der Waals surface area contributed by atoms with Crippen LogP contribution in [-0.4, -0.2) is 27.3 Å². The number of methoxy groups -OCH3 is 2. The van der Waals surface area contributed by atoms with Crippen LogP contribution >= 0.6 is 0 Å². The van der Waals surface area contributed by atoms with Gasteiger partial charge in [0.1, 0.15) is 0 Å². The van der Waals surface area contributed by atoms with Gasteiger partial charge in [0.15, 0.2) is 11.5 Å². The predicted molar refractivity (Wildman–Crippen MR) is 83.9 cm³/mol. The van der Waals surface area contributed by atoms with Crippen molar-refractivity contribution >= 4 is 11.4 Å². The Morgan fingerprint density at radius 3 is 2.10 bits per heavy atom. The summed E-state index contributed by atoms with van der Waals surface area (Å²) in [6, 6.07) is 4.40. The van der Waals surface area contributed by atoms with Crippen molar-refractivity contribution < 1.29 is 9.47 Å². The molecule has 1 aliphatic rings. The van der Waals surface area contributed by atoms with Gasteiger partial charge in [-0.05, 0) is 12.8 Å². The van der Waals surface area contributed by atoms with Crippen molar-refractivity contribution in [3.63, 3.8) is 0 Å². The average Bonchev–Trinajstić information content (AvgIpc) is 2.75. The Labute approximate surface area is 121 Å². The van der Waals surface area contributed by atoms with Crippen LogP contribution < -0.4 is 20.1 Å². The Bertz CT molecular complexity index is 440. The van der Waals surface area contributed by atoms with Crippen LogP contribution in [0.5, 0.6) is 11.5 Å². The average molecular weight is 278 g/mol. The highest BCUT2D eigenvalue weighted by Gasteiger charge is 2.20. The van der Waals surface area contributed by atoms with Gasteiger partial charge in [0.05, 0.1) is 25.6 Å². The first-order chi connectivity index (χ1) is 9.67. The number of nitrogens with two attached hydrogens (primary N) is 1. The third kappa shape index (κ3) is 3.11. The second-order valence-corrected chi connectivity index (χ2v) is 5.52. The first kappa shape index (κ1) is 14.8. The van der Waals surface area contributed by atoms with E-state index in [1.165, 1.54) is 38.5 Å². The van der Waals surface area contributed by atoms with E-state index in [1.54, 1.807) is 14.2 Å². The molecule has 0 aliphatic heterocycles. The number of hydrogen-bond acceptors (Lipinski definition) is 4. The normalized spacial score (nSPS) is 16.6. The molecule has 2 rings (SSSR count). The Hall–Kier alpha value is -1.58. The van der Waals surface area contributed by atoms with E-state index in [0.717, 1.165) is 17.1 Å². The monoisotopic (exact) mass is 278 g/mol. The van der Waals surface area contributed by atoms with Gasteiger partial charge in [-0.3, -0.25) is 0 Å². The van der Waals surface area contributed by atoms with Crippen LogP contribution in [-0.2, 0) is 0 Å². The quantitative estimate of drug-likeness (QED) is 0.677. The molecule has 0 bridgehead atoms. The fourth-order valence-corrected chi connectivity index (χ4v) is 3.03. The van der Waals surface area contributed by atoms with Crippen molar-refractivity contribution in [3.05, 3.63) is 12.1 Å². The maximum atomic E-state index is 6.19. The molecular formula is C16H26N2O2. The molecule has 0 aromatic heterocycles. The molecule has 0 heterocycles. The van der Waals surface area contributed by atoms with Crippen molar-refractivity contribution in [2.24, 2.45) is 0 Å². The van der Waals surface area contributed by atoms with Crippen LogP contribution in [0.4, 0.5) is 11.4 Å². The second-order valence-electron chi connectivity index (χ2n) is 5.52. The van der Waals surface area contributed by atoms with Crippen molar-refractivity contribution in [2.75, 3.05) is 31.9 Å². The minimum atomic E-state index is 0.568. The van der Waals surface area contributed by atoms with E-state index in [9.17, 15) is 0 Å². The Kier molecular flexibility index (Phi) is 4.99. The molecule has 1 aromatic carbocycles. The van der Waals surface area contributed by atoms with Gasteiger partial charge in [-0.2, -0.15) is 0 Å². The fourth-order valence-electron chi connectivity index (χ4n) is 3.03. The van der Waals surface area contributed by atoms with Gasteiger partial charge in [0.25, 0.3) is 0 Å². The van der Waals surface area contributed by atoms with Crippen LogP contribution in [0.25, 0.3) is 0 Å². The number of anilines is 2. The minimum Gasteiger partial charge on any atom is -0.493 e. The smallest absolute Gasteiger partial charge is 0.162 e. The van der Waals surface area contributed by atoms with Crippen LogP contribution in [0.15, 0.2) is 12.1 Å². The zero-order valence-electron chi connectivity index (χ0n) is 12.8. The summed E-state index contributed by atoms with van der Waals surface area (Å²) in [6.07, 6.45) is 7.80. The molecule has 4 nitrogen and oxygen atoms in total. The predicted octanol–water partition coefficient (Wildman–Crippen LogP) is 3.45. The first-order valence-corrected chi connectivity index (χ1v) is 7.41. The van der Waals surface area contributed by atoms with Crippen molar-refractivity contribution in [1.29, 1.82) is 0 Å². The Morgan fingerprint density at radius 2 is 1.55 bits per heavy atom. The van der Waals surface area contributed by atoms with Crippen LogP contribution in [0.3, 0.4) is 0 Å². The van der Waals surface area contributed by atoms with Crippen LogP contribution in [0, 0.1) is 0 Å². The SMILES string of the molecule is COc1cc(N)c(N(C)C2CCCCCC2)cc1OC. The molecule has 4 heteroatoms. The third-order valence-electron chi connectivity index (χ3n) is 4.29. The lowest BCUT2D eigenvalue weighted by Gasteiger charge is -2.30. The highest BCUT2D eigenvalue weighted by Crippen LogP contribution is 2.38. The lowest BCUT2D eigenvalue weighted by Crippen LogP contribution is -2.31. The van der Waals surface area contributed by atoms with E-state index in [-0.39, 0.29) is 0 Å². The maximum Gasteiger partial charge on any atom is 0.162 e. The lowest BCUT2D eigenvalue weighted by molar-refractivity contribution is 0.355. The topological polar surface area (TPSA) is 47.7 Å². The Morgan fingerprint density at radius 1 is 1.00 bits per heavy atom. The van der Waals surface area contributed by atoms with Gasteiger partial charge in [-0.25, -0.2) is 0 Å². The molecule has 0 atom stereocenters. The summed E-state index contributed by atoms with van der Waals surface area (Å²) in [5, 5.41) is 0. The van der Waals surface area contributed by atoms with Crippen molar-refractivity contribution in [2.45, 2.75) is 44.6 Å². The molecule has 1 aliphatic carbocycles. The molecule has 2 N–H and O–H groups in total. The fraction of sp³-hybridized carbons (Fsp3) is 0.625. The molecule has 20 heavy (non-hydrogen) atoms. The third-order valence-corrected chi connectivity index (χ3v) is 4.29. The van der Waals surface area contributed by atoms with Gasteiger partial charge in [0.2, 0.25) is 0 Å². The molecule has 0 unspecified atom stereocenters. The van der Waals surface area contributed by atoms with E-state index >= 15 is 0 Å². The summed E-state index contributed by atoms with van der Waals surface area (Å²) < 4.78 is 10.7.